The predicted molar refractivity (Wildman–Crippen MR) is 410 cm³/mol. The van der Waals surface area contributed by atoms with Gasteiger partial charge in [-0.2, -0.15) is 0 Å². The van der Waals surface area contributed by atoms with Gasteiger partial charge in [0.05, 0.1) is 75.2 Å². The Kier molecular flexibility index (Phi) is 23.9. The minimum Gasteiger partial charge on any atom is -0.391 e. The Morgan fingerprint density at radius 3 is 2.26 bits per heavy atom. The maximum Gasteiger partial charge on any atom is 0.293 e. The van der Waals surface area contributed by atoms with Crippen molar-refractivity contribution >= 4 is 101 Å². The van der Waals surface area contributed by atoms with Crippen LogP contribution in [0.25, 0.3) is 43.8 Å². The first-order valence-corrected chi connectivity index (χ1v) is 38.8. The second-order valence-corrected chi connectivity index (χ2v) is 32.7. The van der Waals surface area contributed by atoms with Crippen LogP contribution in [0.3, 0.4) is 0 Å². The lowest BCUT2D eigenvalue weighted by molar-refractivity contribution is -0.384. The van der Waals surface area contributed by atoms with Crippen molar-refractivity contribution in [3.63, 3.8) is 0 Å². The Hall–Kier alpha value is -8.91. The van der Waals surface area contributed by atoms with Crippen molar-refractivity contribution in [1.29, 1.82) is 0 Å². The molecular weight excluding hydrogens is 1410 g/mol. The molecule has 4 aliphatic rings. The Morgan fingerprint density at radius 1 is 0.868 bits per heavy atom. The van der Waals surface area contributed by atoms with Crippen molar-refractivity contribution in [3.8, 4) is 16.1 Å². The fourth-order valence-corrected chi connectivity index (χ4v) is 16.4. The number of halogens is 1. The van der Waals surface area contributed by atoms with Crippen LogP contribution in [0.2, 0.25) is 5.02 Å². The topological polar surface area (TPSA) is 317 Å². The normalized spacial score (nSPS) is 18.0. The van der Waals surface area contributed by atoms with E-state index in [1.54, 1.807) is 59.0 Å². The van der Waals surface area contributed by atoms with Crippen LogP contribution in [0, 0.1) is 27.9 Å². The van der Waals surface area contributed by atoms with Gasteiger partial charge in [-0.15, -0.1) is 11.3 Å². The number of pyridine rings is 1. The maximum atomic E-state index is 14.6. The van der Waals surface area contributed by atoms with Gasteiger partial charge in [-0.25, -0.2) is 32.5 Å². The number of nitro groups is 1. The van der Waals surface area contributed by atoms with E-state index in [4.69, 9.17) is 21.1 Å². The molecule has 30 heteroatoms. The smallest absolute Gasteiger partial charge is 0.293 e. The molecule has 8 aromatic rings. The Balaban J connectivity index is 0.587. The second-order valence-electron chi connectivity index (χ2n) is 29.7. The molecule has 12 rings (SSSR count). The first-order valence-electron chi connectivity index (χ1n) is 36.1. The molecule has 0 spiro atoms. The molecule has 0 bridgehead atoms. The van der Waals surface area contributed by atoms with Crippen LogP contribution in [0.15, 0.2) is 124 Å². The number of benzene rings is 4. The number of carbonyl (C=O) groups excluding carboxylic acids is 4. The van der Waals surface area contributed by atoms with Gasteiger partial charge in [-0.1, -0.05) is 88.2 Å². The lowest BCUT2D eigenvalue weighted by atomic mass is 9.72. The summed E-state index contributed by atoms with van der Waals surface area (Å²) >= 11 is 7.86. The largest absolute Gasteiger partial charge is 0.391 e. The van der Waals surface area contributed by atoms with Crippen molar-refractivity contribution in [2.45, 2.75) is 103 Å². The number of carbonyl (C=O) groups is 4. The predicted octanol–water partition coefficient (Wildman–Crippen LogP) is 8.37. The summed E-state index contributed by atoms with van der Waals surface area (Å²) in [6.45, 7) is 21.6. The zero-order valence-corrected chi connectivity index (χ0v) is 63.4. The summed E-state index contributed by atoms with van der Waals surface area (Å²) < 4.78 is 45.2. The van der Waals surface area contributed by atoms with Gasteiger partial charge >= 0.3 is 0 Å². The molecule has 4 aromatic heterocycles. The number of aromatic nitrogens is 5. The van der Waals surface area contributed by atoms with E-state index in [0.717, 1.165) is 98.5 Å². The number of rotatable bonds is 28. The van der Waals surface area contributed by atoms with E-state index in [2.05, 4.69) is 81.2 Å². The van der Waals surface area contributed by atoms with Crippen LogP contribution in [0.4, 0.5) is 17.1 Å². The highest BCUT2D eigenvalue weighted by Crippen LogP contribution is 2.44. The summed E-state index contributed by atoms with van der Waals surface area (Å²) in [6.07, 6.45) is 3.96. The number of amides is 4. The number of sulfonamides is 1. The summed E-state index contributed by atoms with van der Waals surface area (Å²) in [5.74, 6) is -2.24. The molecule has 564 valence electrons. The van der Waals surface area contributed by atoms with E-state index < -0.39 is 66.5 Å². The number of nitrogens with one attached hydrogen (secondary N) is 5. The highest BCUT2D eigenvalue weighted by Gasteiger charge is 2.45. The fraction of sp³-hybridized carbons (Fsp3) is 0.461. The van der Waals surface area contributed by atoms with E-state index in [9.17, 15) is 47.6 Å². The number of ether oxygens (including phenoxy) is 2. The molecule has 7 heterocycles. The third-order valence-corrected chi connectivity index (χ3v) is 23.1. The number of aliphatic hydroxyl groups is 1. The third kappa shape index (κ3) is 18.2. The average Bonchev–Trinajstić information content (AvgIpc) is 1.49. The number of likely N-dealkylation sites (tertiary alicyclic amines) is 1. The number of nitro benzene ring substituents is 1. The summed E-state index contributed by atoms with van der Waals surface area (Å²) in [5.41, 5.74) is 9.25. The van der Waals surface area contributed by atoms with Crippen LogP contribution in [-0.2, 0) is 47.5 Å². The van der Waals surface area contributed by atoms with Gasteiger partial charge in [-0.05, 0) is 114 Å². The van der Waals surface area contributed by atoms with Gasteiger partial charge in [-0.3, -0.25) is 48.8 Å². The molecule has 3 aliphatic heterocycles. The van der Waals surface area contributed by atoms with Gasteiger partial charge in [0.1, 0.15) is 23.4 Å². The molecule has 106 heavy (non-hydrogen) atoms. The van der Waals surface area contributed by atoms with Gasteiger partial charge in [0.15, 0.2) is 5.52 Å². The zero-order chi connectivity index (χ0) is 75.2. The number of aromatic amines is 1. The van der Waals surface area contributed by atoms with Gasteiger partial charge in [0, 0.05) is 140 Å². The molecule has 4 amide bonds. The van der Waals surface area contributed by atoms with E-state index in [-0.39, 0.29) is 78.8 Å². The quantitative estimate of drug-likeness (QED) is 0.0152. The summed E-state index contributed by atoms with van der Waals surface area (Å²) in [6, 6.07) is 26.2. The number of H-pyrrole nitrogens is 1. The first kappa shape index (κ1) is 76.7. The number of nitrogens with zero attached hydrogens (tertiary/aromatic N) is 10. The number of aryl methyl sites for hydroxylation is 1. The van der Waals surface area contributed by atoms with Gasteiger partial charge in [0.2, 0.25) is 17.7 Å². The molecule has 4 aromatic carbocycles. The number of hydrogen-bond donors (Lipinski definition) is 6. The number of β-amino-alcohol motifs (C(OH)–C–C–N with tert-alkyl or cyclic N) is 1. The van der Waals surface area contributed by atoms with Crippen molar-refractivity contribution in [2.75, 3.05) is 122 Å². The van der Waals surface area contributed by atoms with Crippen LogP contribution >= 0.6 is 22.9 Å². The standard InChI is InChI=1S/C76H94ClN15O12S2/c1-49-68(105-48-81-49)52-10-8-50(9-11-52)45-80-72(96)65-42-57(93)47-90(65)74(98)69(75(2,3)4)82-66(94)22-36-103-38-39-104-37-35-87-29-27-86(28-30-87)26-25-78-61-19-17-58(43-63(61)92(99)100)106(101,102)84-71(95)59-18-16-56(41-62(59)91-64-40-53-21-24-79-70(53)83-67(64)73(97)85(91)7)89-33-31-88(32-34-89)46-54-20-23-76(5,6)44-60(54)51-12-14-55(77)15-13-51/h8-19,21,24,40-41,43,48,57,65,69,78,93H,20,22-23,25-39,42,44-47H2,1-7H3,(H,79,83)(H,80,96)(H,82,94)(H,84,95)/t57-,65+,69-/m1/s1. The summed E-state index contributed by atoms with van der Waals surface area (Å²) in [7, 11) is -3.17. The third-order valence-electron chi connectivity index (χ3n) is 20.5. The average molecular weight is 1510 g/mol. The highest BCUT2D eigenvalue weighted by molar-refractivity contribution is 7.90. The van der Waals surface area contributed by atoms with Crippen molar-refractivity contribution in [3.05, 3.63) is 162 Å². The molecular formula is C76H94ClN15O12S2. The van der Waals surface area contributed by atoms with E-state index in [1.165, 1.54) is 38.4 Å². The van der Waals surface area contributed by atoms with Crippen LogP contribution in [-0.4, -0.2) is 216 Å². The second kappa shape index (κ2) is 33.1. The molecule has 0 saturated carbocycles. The van der Waals surface area contributed by atoms with E-state index in [1.807, 2.05) is 70.2 Å². The molecule has 6 N–H and O–H groups in total. The number of thiazole rings is 1. The molecule has 3 atom stereocenters. The molecule has 1 aliphatic carbocycles. The van der Waals surface area contributed by atoms with Crippen molar-refractivity contribution in [2.24, 2.45) is 17.9 Å². The minimum absolute atomic E-state index is 0.00851. The van der Waals surface area contributed by atoms with Crippen molar-refractivity contribution < 1.29 is 47.1 Å². The monoisotopic (exact) mass is 1510 g/mol. The number of allylic oxidation sites excluding steroid dienone is 1. The molecule has 0 radical (unpaired) electrons. The van der Waals surface area contributed by atoms with Crippen molar-refractivity contribution in [1.82, 2.24) is 59.3 Å². The molecule has 27 nitrogen and oxygen atoms in total. The molecule has 0 unspecified atom stereocenters. The Labute approximate surface area is 625 Å². The Bertz CT molecular complexity index is 4740. The number of anilines is 2. The van der Waals surface area contributed by atoms with E-state index >= 15 is 0 Å². The highest BCUT2D eigenvalue weighted by atomic mass is 35.5. The summed E-state index contributed by atoms with van der Waals surface area (Å²) in [4.78, 5) is 105. The summed E-state index contributed by atoms with van der Waals surface area (Å²) in [5, 5.41) is 33.6. The number of piperazine rings is 2. The van der Waals surface area contributed by atoms with Gasteiger partial charge < -0.3 is 45.3 Å². The lowest BCUT2D eigenvalue weighted by Crippen LogP contribution is -2.57. The van der Waals surface area contributed by atoms with Gasteiger partial charge in [0.25, 0.3) is 27.2 Å². The first-order chi connectivity index (χ1) is 50.7. The number of fused-ring (bicyclic) bond motifs is 2. The lowest BCUT2D eigenvalue weighted by Gasteiger charge is -2.39. The van der Waals surface area contributed by atoms with Crippen LogP contribution in [0.5, 0.6) is 0 Å². The maximum absolute atomic E-state index is 14.6. The number of hydrogen-bond acceptors (Lipinski definition) is 20. The Morgan fingerprint density at radius 2 is 1.57 bits per heavy atom. The number of aliphatic hydroxyl groups excluding tert-OH is 1. The van der Waals surface area contributed by atoms with E-state index in [0.29, 0.717) is 67.5 Å². The zero-order valence-electron chi connectivity index (χ0n) is 61.0. The molecule has 3 fully saturated rings. The minimum atomic E-state index is -4.73. The SMILES string of the molecule is Cc1ncsc1-c1ccc(CNC(=O)[C@@H]2C[C@@H](O)CN2C(=O)[C@@H](NC(=O)CCOCCOCCN2CCN(CCNc3ccc(S(=O)(=O)NC(=O)c4ccc(N5CCN(CC6=C(c7ccc(Cl)cc7)CC(C)(C)CC6)CC5)cc4-n4c5cc6cc[nH]c6nc5c(=O)n4C)cc3[N+](=O)[O-])CC2)C(C)(C)C)cc1. The van der Waals surface area contributed by atoms with Crippen LogP contribution < -0.4 is 31.1 Å². The fourth-order valence-electron chi connectivity index (χ4n) is 14.5. The van der Waals surface area contributed by atoms with Crippen LogP contribution in [0.1, 0.15) is 93.9 Å². The molecule has 3 saturated heterocycles.